The monoisotopic (exact) mass is 342 g/mol. The van der Waals surface area contributed by atoms with Crippen LogP contribution in [-0.4, -0.2) is 41.6 Å². The molecular weight excluding hydrogens is 316 g/mol. The van der Waals surface area contributed by atoms with Gasteiger partial charge in [0.2, 0.25) is 12.3 Å². The normalized spacial score (nSPS) is 18.0. The average molecular weight is 342 g/mol. The fourth-order valence-corrected chi connectivity index (χ4v) is 3.39. The van der Waals surface area contributed by atoms with Gasteiger partial charge in [-0.05, 0) is 37.0 Å². The van der Waals surface area contributed by atoms with Crippen LogP contribution in [0.25, 0.3) is 0 Å². The summed E-state index contributed by atoms with van der Waals surface area (Å²) < 4.78 is 4.90. The third kappa shape index (κ3) is 4.38. The lowest BCUT2D eigenvalue weighted by molar-refractivity contribution is -0.133. The van der Waals surface area contributed by atoms with E-state index in [9.17, 15) is 4.79 Å². The minimum Gasteiger partial charge on any atom is -0.378 e. The molecule has 134 valence electrons. The first-order valence-electron chi connectivity index (χ1n) is 8.97. The summed E-state index contributed by atoms with van der Waals surface area (Å²) in [5, 5.41) is 3.98. The Balaban J connectivity index is 1.67. The summed E-state index contributed by atoms with van der Waals surface area (Å²) >= 11 is 0. The summed E-state index contributed by atoms with van der Waals surface area (Å²) in [7, 11) is 4.05. The summed E-state index contributed by atoms with van der Waals surface area (Å²) in [6.07, 6.45) is 6.77. The number of hydrogen-bond donors (Lipinski definition) is 0. The Labute approximate surface area is 148 Å². The standard InChI is InChI=1S/C19H26N4O2/c1-22(2)16-8-6-7-15(13-16)10-11-18(24)23-12-5-3-4-9-17(23)19-20-14-25-21-19/h6-8,13-14,17H,3-5,9-12H2,1-2H3/t17-/m0/s1. The third-order valence-corrected chi connectivity index (χ3v) is 4.80. The first kappa shape index (κ1) is 17.5. The molecule has 1 aromatic heterocycles. The lowest BCUT2D eigenvalue weighted by Gasteiger charge is -2.28. The number of benzene rings is 1. The van der Waals surface area contributed by atoms with Gasteiger partial charge >= 0.3 is 0 Å². The molecule has 0 aliphatic carbocycles. The SMILES string of the molecule is CN(C)c1cccc(CCC(=O)N2CCCCC[C@H]2c2ncon2)c1. The van der Waals surface area contributed by atoms with Gasteiger partial charge in [-0.2, -0.15) is 4.98 Å². The van der Waals surface area contributed by atoms with E-state index in [-0.39, 0.29) is 11.9 Å². The minimum atomic E-state index is -0.0538. The highest BCUT2D eigenvalue weighted by Gasteiger charge is 2.29. The summed E-state index contributed by atoms with van der Waals surface area (Å²) in [6, 6.07) is 8.29. The molecule has 6 heteroatoms. The van der Waals surface area contributed by atoms with Gasteiger partial charge in [-0.3, -0.25) is 4.79 Å². The Morgan fingerprint density at radius 3 is 2.96 bits per heavy atom. The van der Waals surface area contributed by atoms with Crippen LogP contribution in [0.15, 0.2) is 35.2 Å². The largest absolute Gasteiger partial charge is 0.378 e. The number of aromatic nitrogens is 2. The highest BCUT2D eigenvalue weighted by atomic mass is 16.5. The Kier molecular flexibility index (Phi) is 5.68. The zero-order chi connectivity index (χ0) is 17.6. The van der Waals surface area contributed by atoms with E-state index in [1.807, 2.05) is 25.1 Å². The van der Waals surface area contributed by atoms with Gasteiger partial charge in [0.1, 0.15) is 0 Å². The van der Waals surface area contributed by atoms with Gasteiger partial charge in [0.15, 0.2) is 5.82 Å². The molecule has 25 heavy (non-hydrogen) atoms. The van der Waals surface area contributed by atoms with Crippen LogP contribution in [0.2, 0.25) is 0 Å². The molecule has 0 radical (unpaired) electrons. The van der Waals surface area contributed by atoms with Crippen LogP contribution in [0.3, 0.4) is 0 Å². The summed E-state index contributed by atoms with van der Waals surface area (Å²) in [6.45, 7) is 0.774. The van der Waals surface area contributed by atoms with Crippen LogP contribution in [0.4, 0.5) is 5.69 Å². The van der Waals surface area contributed by atoms with Crippen molar-refractivity contribution in [2.45, 2.75) is 44.6 Å². The molecule has 0 N–H and O–H groups in total. The molecule has 3 rings (SSSR count). The van der Waals surface area contributed by atoms with Gasteiger partial charge in [-0.15, -0.1) is 0 Å². The summed E-state index contributed by atoms with van der Waals surface area (Å²) in [5.41, 5.74) is 2.34. The zero-order valence-electron chi connectivity index (χ0n) is 15.0. The van der Waals surface area contributed by atoms with E-state index in [1.54, 1.807) is 0 Å². The van der Waals surface area contributed by atoms with Crippen molar-refractivity contribution in [3.8, 4) is 0 Å². The van der Waals surface area contributed by atoms with Crippen molar-refractivity contribution in [3.05, 3.63) is 42.0 Å². The Hall–Kier alpha value is -2.37. The predicted molar refractivity (Wildman–Crippen MR) is 96.3 cm³/mol. The van der Waals surface area contributed by atoms with Gasteiger partial charge in [0.25, 0.3) is 0 Å². The molecule has 1 atom stereocenters. The predicted octanol–water partition coefficient (Wildman–Crippen LogP) is 3.21. The van der Waals surface area contributed by atoms with Gasteiger partial charge in [0.05, 0.1) is 6.04 Å². The highest BCUT2D eigenvalue weighted by molar-refractivity contribution is 5.77. The van der Waals surface area contributed by atoms with E-state index in [4.69, 9.17) is 4.52 Å². The van der Waals surface area contributed by atoms with Crippen molar-refractivity contribution in [3.63, 3.8) is 0 Å². The first-order chi connectivity index (χ1) is 12.1. The highest BCUT2D eigenvalue weighted by Crippen LogP contribution is 2.29. The van der Waals surface area contributed by atoms with Crippen LogP contribution in [0.1, 0.15) is 49.5 Å². The molecular formula is C19H26N4O2. The van der Waals surface area contributed by atoms with Crippen LogP contribution >= 0.6 is 0 Å². The van der Waals surface area contributed by atoms with Crippen molar-refractivity contribution in [1.82, 2.24) is 15.0 Å². The van der Waals surface area contributed by atoms with Crippen molar-refractivity contribution >= 4 is 11.6 Å². The van der Waals surface area contributed by atoms with Crippen LogP contribution in [0.5, 0.6) is 0 Å². The van der Waals surface area contributed by atoms with E-state index in [1.165, 1.54) is 12.0 Å². The lowest BCUT2D eigenvalue weighted by Crippen LogP contribution is -2.35. The van der Waals surface area contributed by atoms with Crippen molar-refractivity contribution in [1.29, 1.82) is 0 Å². The van der Waals surface area contributed by atoms with Crippen LogP contribution in [-0.2, 0) is 11.2 Å². The quantitative estimate of drug-likeness (QED) is 0.835. The molecule has 1 aliphatic rings. The topological polar surface area (TPSA) is 62.5 Å². The molecule has 1 fully saturated rings. The number of amides is 1. The van der Waals surface area contributed by atoms with Crippen molar-refractivity contribution in [2.75, 3.05) is 25.5 Å². The number of carbonyl (C=O) groups is 1. The maximum absolute atomic E-state index is 12.9. The van der Waals surface area contributed by atoms with E-state index < -0.39 is 0 Å². The second kappa shape index (κ2) is 8.14. The molecule has 0 spiro atoms. The maximum atomic E-state index is 12.9. The Morgan fingerprint density at radius 1 is 1.32 bits per heavy atom. The number of carbonyl (C=O) groups excluding carboxylic acids is 1. The van der Waals surface area contributed by atoms with Gasteiger partial charge < -0.3 is 14.3 Å². The average Bonchev–Trinajstić information content (AvgIpc) is 3.04. The number of anilines is 1. The van der Waals surface area contributed by atoms with Crippen molar-refractivity contribution < 1.29 is 9.32 Å². The zero-order valence-corrected chi connectivity index (χ0v) is 15.0. The molecule has 0 saturated carbocycles. The number of likely N-dealkylation sites (tertiary alicyclic amines) is 1. The fraction of sp³-hybridized carbons (Fsp3) is 0.526. The van der Waals surface area contributed by atoms with E-state index in [2.05, 4.69) is 33.2 Å². The second-order valence-electron chi connectivity index (χ2n) is 6.81. The van der Waals surface area contributed by atoms with Gasteiger partial charge in [0, 0.05) is 32.7 Å². The second-order valence-corrected chi connectivity index (χ2v) is 6.81. The lowest BCUT2D eigenvalue weighted by atomic mass is 10.1. The molecule has 6 nitrogen and oxygen atoms in total. The summed E-state index contributed by atoms with van der Waals surface area (Å²) in [5.74, 6) is 0.803. The van der Waals surface area contributed by atoms with Gasteiger partial charge in [-0.1, -0.05) is 30.1 Å². The Morgan fingerprint density at radius 2 is 2.20 bits per heavy atom. The summed E-state index contributed by atoms with van der Waals surface area (Å²) in [4.78, 5) is 21.1. The molecule has 0 unspecified atom stereocenters. The Bertz CT molecular complexity index is 684. The van der Waals surface area contributed by atoms with Crippen LogP contribution in [0, 0.1) is 0 Å². The molecule has 1 saturated heterocycles. The van der Waals surface area contributed by atoms with E-state index in [0.717, 1.165) is 44.3 Å². The molecule has 2 aromatic rings. The third-order valence-electron chi connectivity index (χ3n) is 4.80. The smallest absolute Gasteiger partial charge is 0.223 e. The number of nitrogens with zero attached hydrogens (tertiary/aromatic N) is 4. The number of rotatable bonds is 5. The maximum Gasteiger partial charge on any atom is 0.223 e. The number of aryl methyl sites for hydroxylation is 1. The first-order valence-corrected chi connectivity index (χ1v) is 8.97. The minimum absolute atomic E-state index is 0.0538. The molecule has 1 aromatic carbocycles. The van der Waals surface area contributed by atoms with Crippen molar-refractivity contribution in [2.24, 2.45) is 0 Å². The molecule has 1 amide bonds. The number of hydrogen-bond acceptors (Lipinski definition) is 5. The fourth-order valence-electron chi connectivity index (χ4n) is 3.39. The van der Waals surface area contributed by atoms with Gasteiger partial charge in [-0.25, -0.2) is 0 Å². The molecule has 2 heterocycles. The van der Waals surface area contributed by atoms with Crippen LogP contribution < -0.4 is 4.90 Å². The molecule has 1 aliphatic heterocycles. The van der Waals surface area contributed by atoms with E-state index >= 15 is 0 Å². The molecule has 0 bridgehead atoms. The van der Waals surface area contributed by atoms with E-state index in [0.29, 0.717) is 12.2 Å².